The number of nitrogens with one attached hydrogen (secondary N) is 1. The number of aromatic nitrogens is 3. The number of benzene rings is 1. The predicted molar refractivity (Wildman–Crippen MR) is 82.0 cm³/mol. The molecule has 0 aliphatic carbocycles. The lowest BCUT2D eigenvalue weighted by molar-refractivity contribution is 0.587. The summed E-state index contributed by atoms with van der Waals surface area (Å²) in [5, 5.41) is 11.3. The maximum absolute atomic E-state index is 4.14. The topological polar surface area (TPSA) is 46.0 Å². The lowest BCUT2D eigenvalue weighted by Crippen LogP contribution is -2.23. The van der Waals surface area contributed by atoms with E-state index in [0.29, 0.717) is 0 Å². The maximum Gasteiger partial charge on any atom is 0.0964 e. The van der Waals surface area contributed by atoms with Crippen LogP contribution in [0, 0.1) is 13.8 Å². The molecule has 0 aliphatic heterocycles. The van der Waals surface area contributed by atoms with Crippen LogP contribution in [0.4, 0.5) is 5.69 Å². The van der Waals surface area contributed by atoms with Gasteiger partial charge in [0.2, 0.25) is 0 Å². The first kappa shape index (κ1) is 14.5. The Morgan fingerprint density at radius 1 is 1.30 bits per heavy atom. The average molecular weight is 273 g/mol. The van der Waals surface area contributed by atoms with Crippen LogP contribution in [0.5, 0.6) is 0 Å². The van der Waals surface area contributed by atoms with Crippen molar-refractivity contribution in [3.05, 3.63) is 41.2 Å². The lowest BCUT2D eigenvalue weighted by atomic mass is 10.1. The van der Waals surface area contributed by atoms with Gasteiger partial charge in [0.15, 0.2) is 0 Å². The highest BCUT2D eigenvalue weighted by Gasteiger charge is 2.06. The van der Waals surface area contributed by atoms with Crippen molar-refractivity contribution in [2.75, 3.05) is 25.5 Å². The molecule has 0 atom stereocenters. The molecule has 5 heteroatoms. The molecule has 5 nitrogen and oxygen atoms in total. The van der Waals surface area contributed by atoms with E-state index in [4.69, 9.17) is 0 Å². The predicted octanol–water partition coefficient (Wildman–Crippen LogP) is 1.75. The third-order valence-electron chi connectivity index (χ3n) is 3.37. The number of hydrogen-bond acceptors (Lipinski definition) is 4. The van der Waals surface area contributed by atoms with Crippen LogP contribution in [0.15, 0.2) is 24.4 Å². The van der Waals surface area contributed by atoms with Gasteiger partial charge in [0.1, 0.15) is 0 Å². The van der Waals surface area contributed by atoms with E-state index >= 15 is 0 Å². The van der Waals surface area contributed by atoms with E-state index in [1.54, 1.807) is 0 Å². The average Bonchev–Trinajstić information content (AvgIpc) is 2.84. The molecule has 2 rings (SSSR count). The molecular formula is C15H23N5. The number of anilines is 1. The first-order valence-electron chi connectivity index (χ1n) is 6.92. The SMILES string of the molecule is CNCc1cn(CCN(C)c2ccc(C)cc2C)nn1. The van der Waals surface area contributed by atoms with Crippen LogP contribution in [0.1, 0.15) is 16.8 Å². The second-order valence-electron chi connectivity index (χ2n) is 5.21. The van der Waals surface area contributed by atoms with Crippen molar-refractivity contribution in [3.63, 3.8) is 0 Å². The molecule has 0 saturated heterocycles. The molecule has 0 bridgehead atoms. The Hall–Kier alpha value is -1.88. The zero-order valence-electron chi connectivity index (χ0n) is 12.7. The van der Waals surface area contributed by atoms with Crippen LogP contribution in [-0.2, 0) is 13.1 Å². The monoisotopic (exact) mass is 273 g/mol. The Balaban J connectivity index is 1.95. The van der Waals surface area contributed by atoms with Crippen LogP contribution in [0.3, 0.4) is 0 Å². The fourth-order valence-electron chi connectivity index (χ4n) is 2.32. The smallest absolute Gasteiger partial charge is 0.0964 e. The molecule has 0 fully saturated rings. The number of hydrogen-bond donors (Lipinski definition) is 1. The van der Waals surface area contributed by atoms with E-state index in [-0.39, 0.29) is 0 Å². The third kappa shape index (κ3) is 3.57. The summed E-state index contributed by atoms with van der Waals surface area (Å²) < 4.78 is 1.90. The molecule has 0 amide bonds. The molecule has 1 heterocycles. The van der Waals surface area contributed by atoms with Gasteiger partial charge in [-0.15, -0.1) is 5.10 Å². The molecule has 20 heavy (non-hydrogen) atoms. The molecule has 1 N–H and O–H groups in total. The van der Waals surface area contributed by atoms with Crippen LogP contribution in [-0.4, -0.2) is 35.6 Å². The molecule has 0 unspecified atom stereocenters. The molecule has 0 aliphatic rings. The van der Waals surface area contributed by atoms with Crippen molar-refractivity contribution >= 4 is 5.69 Å². The van der Waals surface area contributed by atoms with E-state index < -0.39 is 0 Å². The molecule has 108 valence electrons. The summed E-state index contributed by atoms with van der Waals surface area (Å²) >= 11 is 0. The van der Waals surface area contributed by atoms with Crippen molar-refractivity contribution in [2.24, 2.45) is 0 Å². The lowest BCUT2D eigenvalue weighted by Gasteiger charge is -2.21. The summed E-state index contributed by atoms with van der Waals surface area (Å²) in [6.07, 6.45) is 1.99. The Morgan fingerprint density at radius 3 is 2.80 bits per heavy atom. The Kier molecular flexibility index (Phi) is 4.74. The first-order valence-corrected chi connectivity index (χ1v) is 6.92. The van der Waals surface area contributed by atoms with E-state index in [2.05, 4.69) is 59.6 Å². The quantitative estimate of drug-likeness (QED) is 0.871. The van der Waals surface area contributed by atoms with Gasteiger partial charge in [0, 0.05) is 32.0 Å². The molecule has 1 aromatic heterocycles. The molecule has 0 spiro atoms. The Bertz CT molecular complexity index is 561. The Morgan fingerprint density at radius 2 is 2.10 bits per heavy atom. The highest BCUT2D eigenvalue weighted by atomic mass is 15.4. The van der Waals surface area contributed by atoms with E-state index in [1.165, 1.54) is 16.8 Å². The minimum atomic E-state index is 0.757. The summed E-state index contributed by atoms with van der Waals surface area (Å²) in [5.74, 6) is 0. The standard InChI is InChI=1S/C15H23N5/c1-12-5-6-15(13(2)9-12)19(4)7-8-20-11-14(10-16-3)17-18-20/h5-6,9,11,16H,7-8,10H2,1-4H3. The van der Waals surface area contributed by atoms with E-state index in [9.17, 15) is 0 Å². The Labute approximate surface area is 120 Å². The fourth-order valence-corrected chi connectivity index (χ4v) is 2.32. The summed E-state index contributed by atoms with van der Waals surface area (Å²) in [5.41, 5.74) is 4.85. The van der Waals surface area contributed by atoms with Crippen molar-refractivity contribution in [3.8, 4) is 0 Å². The normalized spacial score (nSPS) is 10.8. The number of nitrogens with zero attached hydrogens (tertiary/aromatic N) is 4. The maximum atomic E-state index is 4.14. The van der Waals surface area contributed by atoms with Gasteiger partial charge in [-0.25, -0.2) is 0 Å². The van der Waals surface area contributed by atoms with Crippen LogP contribution in [0.25, 0.3) is 0 Å². The highest BCUT2D eigenvalue weighted by molar-refractivity contribution is 5.53. The molecule has 0 radical (unpaired) electrons. The summed E-state index contributed by atoms with van der Waals surface area (Å²) in [4.78, 5) is 2.26. The van der Waals surface area contributed by atoms with Gasteiger partial charge in [0.25, 0.3) is 0 Å². The van der Waals surface area contributed by atoms with Crippen molar-refractivity contribution in [2.45, 2.75) is 26.9 Å². The zero-order valence-corrected chi connectivity index (χ0v) is 12.7. The molecule has 1 aromatic carbocycles. The van der Waals surface area contributed by atoms with Gasteiger partial charge in [-0.3, -0.25) is 4.68 Å². The molecule has 2 aromatic rings. The number of likely N-dealkylation sites (N-methyl/N-ethyl adjacent to an activating group) is 1. The van der Waals surface area contributed by atoms with Crippen molar-refractivity contribution < 1.29 is 0 Å². The second-order valence-corrected chi connectivity index (χ2v) is 5.21. The van der Waals surface area contributed by atoms with Crippen LogP contribution < -0.4 is 10.2 Å². The van der Waals surface area contributed by atoms with Gasteiger partial charge in [-0.05, 0) is 32.5 Å². The number of aryl methyl sites for hydroxylation is 2. The van der Waals surface area contributed by atoms with Gasteiger partial charge < -0.3 is 10.2 Å². The first-order chi connectivity index (χ1) is 9.60. The highest BCUT2D eigenvalue weighted by Crippen LogP contribution is 2.19. The van der Waals surface area contributed by atoms with Crippen LogP contribution in [0.2, 0.25) is 0 Å². The van der Waals surface area contributed by atoms with Crippen LogP contribution >= 0.6 is 0 Å². The van der Waals surface area contributed by atoms with Gasteiger partial charge in [0.05, 0.1) is 12.2 Å². The summed E-state index contributed by atoms with van der Waals surface area (Å²) in [6, 6.07) is 6.55. The van der Waals surface area contributed by atoms with Gasteiger partial charge in [-0.1, -0.05) is 22.9 Å². The van der Waals surface area contributed by atoms with Gasteiger partial charge >= 0.3 is 0 Å². The fraction of sp³-hybridized carbons (Fsp3) is 0.467. The molecule has 0 saturated carbocycles. The van der Waals surface area contributed by atoms with E-state index in [0.717, 1.165) is 25.3 Å². The third-order valence-corrected chi connectivity index (χ3v) is 3.37. The minimum absolute atomic E-state index is 0.757. The number of rotatable bonds is 6. The minimum Gasteiger partial charge on any atom is -0.373 e. The van der Waals surface area contributed by atoms with E-state index in [1.807, 2.05) is 17.9 Å². The van der Waals surface area contributed by atoms with Gasteiger partial charge in [-0.2, -0.15) is 0 Å². The second kappa shape index (κ2) is 6.52. The van der Waals surface area contributed by atoms with Crippen molar-refractivity contribution in [1.82, 2.24) is 20.3 Å². The molecular weight excluding hydrogens is 250 g/mol. The van der Waals surface area contributed by atoms with Crippen molar-refractivity contribution in [1.29, 1.82) is 0 Å². The summed E-state index contributed by atoms with van der Waals surface area (Å²) in [7, 11) is 4.02. The zero-order chi connectivity index (χ0) is 14.5. The summed E-state index contributed by atoms with van der Waals surface area (Å²) in [6.45, 7) is 6.77. The largest absolute Gasteiger partial charge is 0.373 e.